The van der Waals surface area contributed by atoms with Crippen LogP contribution in [0.3, 0.4) is 0 Å². The molecule has 0 rings (SSSR count). The van der Waals surface area contributed by atoms with Crippen molar-refractivity contribution >= 4 is 12.7 Å². The molecule has 0 saturated carbocycles. The third kappa shape index (κ3) is 691. The van der Waals surface area contributed by atoms with Gasteiger partial charge < -0.3 is 20.0 Å². The maximum Gasteiger partial charge on any atom is 0.136 e. The fourth-order valence-electron chi connectivity index (χ4n) is 0.0833. The molecule has 0 unspecified atom stereocenters. The molecule has 0 radical (unpaired) electrons. The predicted molar refractivity (Wildman–Crippen MR) is 53.0 cm³/mol. The van der Waals surface area contributed by atoms with Crippen LogP contribution in [0.5, 0.6) is 0 Å². The van der Waals surface area contributed by atoms with Crippen molar-refractivity contribution < 1.29 is 14.7 Å². The maximum atomic E-state index is 9.32. The van der Waals surface area contributed by atoms with Crippen LogP contribution in [0, 0.1) is 5.41 Å². The van der Waals surface area contributed by atoms with E-state index in [2.05, 4.69) is 27.7 Å². The molecule has 0 aromatic heterocycles. The Morgan fingerprint density at radius 1 is 1.29 bits per heavy atom. The van der Waals surface area contributed by atoms with E-state index in [1.54, 1.807) is 0 Å². The van der Waals surface area contributed by atoms with Crippen molar-refractivity contribution in [3.63, 3.8) is 0 Å². The average Bonchev–Trinajstić information content (AvgIpc) is 2.02. The summed E-state index contributed by atoms with van der Waals surface area (Å²) in [6.45, 7) is 8.81. The normalized spacial score (nSPS) is 7.57. The molecule has 14 heavy (non-hydrogen) atoms. The molecule has 0 bridgehead atoms. The first-order valence-corrected chi connectivity index (χ1v) is 3.90. The Morgan fingerprint density at radius 2 is 1.57 bits per heavy atom. The molecular weight excluding hydrogens is 427 g/mol. The SMILES string of the molecule is CC(C)(C)C.CO.O=[C-]NCC=O.[Fm]. The molecule has 5 heteroatoms. The first-order chi connectivity index (χ1) is 5.91. The average molecular weight is 447 g/mol. The van der Waals surface area contributed by atoms with Crippen LogP contribution in [0.15, 0.2) is 0 Å². The van der Waals surface area contributed by atoms with Gasteiger partial charge in [-0.2, -0.15) is 6.41 Å². The summed E-state index contributed by atoms with van der Waals surface area (Å²) in [6, 6.07) is 0. The van der Waals surface area contributed by atoms with E-state index in [4.69, 9.17) is 9.90 Å². The van der Waals surface area contributed by atoms with Gasteiger partial charge in [-0.3, -0.25) is 0 Å². The van der Waals surface area contributed by atoms with Crippen LogP contribution in [-0.2, 0) is 9.59 Å². The van der Waals surface area contributed by atoms with Gasteiger partial charge in [-0.1, -0.05) is 27.7 Å². The van der Waals surface area contributed by atoms with Crippen molar-refractivity contribution in [1.82, 2.24) is 5.32 Å². The van der Waals surface area contributed by atoms with Crippen LogP contribution in [0.4, 0.5) is 0 Å². The molecule has 0 aliphatic heterocycles. The quantitative estimate of drug-likeness (QED) is 0.287. The Bertz CT molecular complexity index is 99.1. The maximum absolute atomic E-state index is 9.32. The molecule has 0 aromatic carbocycles. The summed E-state index contributed by atoms with van der Waals surface area (Å²) in [5.41, 5.74) is 0.500. The second-order valence-corrected chi connectivity index (χ2v) is 3.65. The zero-order valence-corrected chi connectivity index (χ0v) is 11.7. The summed E-state index contributed by atoms with van der Waals surface area (Å²) in [6.07, 6.45) is 1.93. The number of carbonyl (C=O) groups excluding carboxylic acids is 2. The van der Waals surface area contributed by atoms with Crippen LogP contribution in [-0.4, -0.2) is 31.5 Å². The second kappa shape index (κ2) is 17.3. The van der Waals surface area contributed by atoms with Crippen LogP contribution in [0.2, 0.25) is 0 Å². The fourth-order valence-corrected chi connectivity index (χ4v) is 0.0833. The van der Waals surface area contributed by atoms with Crippen LogP contribution in [0.25, 0.3) is 0 Å². The number of carbonyl (C=O) groups is 1. The van der Waals surface area contributed by atoms with E-state index in [0.29, 0.717) is 11.7 Å². The van der Waals surface area contributed by atoms with Crippen LogP contribution in [0.1, 0.15) is 27.7 Å². The third-order valence-electron chi connectivity index (χ3n) is 0.258. The molecular formula is C9H20FmNO3-. The molecule has 4 nitrogen and oxygen atoms in total. The van der Waals surface area contributed by atoms with Crippen LogP contribution >= 0.6 is 0 Å². The molecule has 0 fully saturated rings. The van der Waals surface area contributed by atoms with Crippen molar-refractivity contribution in [2.45, 2.75) is 27.7 Å². The van der Waals surface area contributed by atoms with E-state index in [-0.39, 0.29) is 6.54 Å². The van der Waals surface area contributed by atoms with Crippen LogP contribution < -0.4 is 5.32 Å². The van der Waals surface area contributed by atoms with E-state index in [1.807, 2.05) is 5.32 Å². The Labute approximate surface area is 80.3 Å². The minimum atomic E-state index is 0. The topological polar surface area (TPSA) is 66.4 Å². The molecule has 0 aliphatic carbocycles. The fraction of sp³-hybridized carbons (Fsp3) is 0.778. The van der Waals surface area contributed by atoms with E-state index in [9.17, 15) is 4.79 Å². The second-order valence-electron chi connectivity index (χ2n) is 3.65. The number of aldehydes is 1. The summed E-state index contributed by atoms with van der Waals surface area (Å²) in [7, 11) is 1.00. The largest absolute Gasteiger partial charge is 0.524 e. The molecule has 0 spiro atoms. The zero-order chi connectivity index (χ0) is 11.3. The van der Waals surface area contributed by atoms with Crippen molar-refractivity contribution in [2.24, 2.45) is 5.41 Å². The van der Waals surface area contributed by atoms with Gasteiger partial charge in [0.2, 0.25) is 0 Å². The van der Waals surface area contributed by atoms with Gasteiger partial charge in [0.1, 0.15) is 6.29 Å². The van der Waals surface area contributed by atoms with Crippen molar-refractivity contribution in [2.75, 3.05) is 13.7 Å². The third-order valence-corrected chi connectivity index (χ3v) is 0.258. The van der Waals surface area contributed by atoms with Gasteiger partial charge in [0, 0.05) is 13.7 Å². The molecule has 0 aliphatic rings. The number of aliphatic hydroxyl groups is 1. The van der Waals surface area contributed by atoms with Gasteiger partial charge >= 0.3 is 0 Å². The van der Waals surface area contributed by atoms with E-state index < -0.39 is 0 Å². The van der Waals surface area contributed by atoms with E-state index in [1.165, 1.54) is 6.41 Å². The monoisotopic (exact) mass is 447 g/mol. The van der Waals surface area contributed by atoms with Crippen molar-refractivity contribution in [1.29, 1.82) is 0 Å². The molecule has 0 heterocycles. The standard InChI is InChI=1S/C5H12.C3H4NO2.CH4O.Fm/c1-5(2,3)4;5-2-1-4-3-6;1-2;/h1-4H3;2H,1H2,(H,4,6);2H,1H3;/q;-1;;. The minimum Gasteiger partial charge on any atom is -0.524 e. The minimum absolute atomic E-state index is 0. The van der Waals surface area contributed by atoms with E-state index in [0.717, 1.165) is 7.11 Å². The summed E-state index contributed by atoms with van der Waals surface area (Å²) < 4.78 is 0. The molecule has 0 aromatic rings. The van der Waals surface area contributed by atoms with Crippen molar-refractivity contribution in [3.8, 4) is 0 Å². The van der Waals surface area contributed by atoms with Gasteiger partial charge in [0.25, 0.3) is 0 Å². The van der Waals surface area contributed by atoms with E-state index >= 15 is 0 Å². The number of amides is 1. The first-order valence-electron chi connectivity index (χ1n) is 3.90. The van der Waals surface area contributed by atoms with Gasteiger partial charge in [-0.15, -0.1) is 0 Å². The predicted octanol–water partition coefficient (Wildman–Crippen LogP) is 0.503. The summed E-state index contributed by atoms with van der Waals surface area (Å²) in [5.74, 6) is 0. The number of nitrogens with one attached hydrogen (secondary N) is 1. The van der Waals surface area contributed by atoms with Gasteiger partial charge in [-0.25, -0.2) is 0 Å². The van der Waals surface area contributed by atoms with Gasteiger partial charge in [0.15, 0.2) is 0 Å². The Balaban J connectivity index is -0.0000000576. The molecule has 0 saturated heterocycles. The molecule has 0 atom stereocenters. The molecule has 92 valence electrons. The van der Waals surface area contributed by atoms with Crippen molar-refractivity contribution in [3.05, 3.63) is 0 Å². The molecule has 1 amide bonds. The number of hydrogen-bond acceptors (Lipinski definition) is 3. The first kappa shape index (κ1) is 22.7. The number of aliphatic hydroxyl groups excluding tert-OH is 1. The van der Waals surface area contributed by atoms with Gasteiger partial charge in [0.05, 0.1) is 0 Å². The number of hydrogen-bond donors (Lipinski definition) is 2. The Morgan fingerprint density at radius 3 is 1.64 bits per heavy atom. The summed E-state index contributed by atoms with van der Waals surface area (Å²) in [5, 5.41) is 9.02. The van der Waals surface area contributed by atoms with Gasteiger partial charge in [-0.05, 0) is 5.41 Å². The smallest absolute Gasteiger partial charge is 0.136 e. The zero-order valence-electron chi connectivity index (χ0n) is 9.34. The molecule has 2 N–H and O–H groups in total. The number of rotatable bonds is 3. The Hall–Kier alpha value is -1.90. The summed E-state index contributed by atoms with van der Waals surface area (Å²) >= 11 is 0. The summed E-state index contributed by atoms with van der Waals surface area (Å²) in [4.78, 5) is 18.5. The Kier molecular flexibility index (Phi) is 28.0.